The van der Waals surface area contributed by atoms with Crippen LogP contribution >= 0.6 is 0 Å². The van der Waals surface area contributed by atoms with Gasteiger partial charge >= 0.3 is 0 Å². The van der Waals surface area contributed by atoms with Gasteiger partial charge in [0, 0.05) is 24.2 Å². The molecule has 2 rings (SSSR count). The third kappa shape index (κ3) is 3.00. The molecule has 0 radical (unpaired) electrons. The molecular formula is C13H14N4O3. The largest absolute Gasteiger partial charge is 0.366 e. The van der Waals surface area contributed by atoms with E-state index in [1.807, 2.05) is 0 Å². The number of anilines is 1. The lowest BCUT2D eigenvalue weighted by Gasteiger charge is -2.08. The van der Waals surface area contributed by atoms with Crippen molar-refractivity contribution in [2.45, 2.75) is 20.4 Å². The van der Waals surface area contributed by atoms with Crippen molar-refractivity contribution in [2.75, 3.05) is 5.32 Å². The normalized spacial score (nSPS) is 10.3. The molecule has 2 N–H and O–H groups in total. The zero-order valence-electron chi connectivity index (χ0n) is 11.1. The molecular weight excluding hydrogens is 260 g/mol. The Morgan fingerprint density at radius 1 is 1.40 bits per heavy atom. The van der Waals surface area contributed by atoms with Crippen molar-refractivity contribution in [1.29, 1.82) is 0 Å². The van der Waals surface area contributed by atoms with Crippen molar-refractivity contribution in [3.8, 4) is 0 Å². The molecule has 2 aromatic rings. The van der Waals surface area contributed by atoms with Crippen molar-refractivity contribution >= 4 is 11.5 Å². The van der Waals surface area contributed by atoms with Gasteiger partial charge in [0.05, 0.1) is 4.92 Å². The highest BCUT2D eigenvalue weighted by molar-refractivity contribution is 5.46. The van der Waals surface area contributed by atoms with Crippen LogP contribution < -0.4 is 10.9 Å². The minimum absolute atomic E-state index is 0.0827. The summed E-state index contributed by atoms with van der Waals surface area (Å²) in [6.45, 7) is 3.75. The first-order valence-electron chi connectivity index (χ1n) is 6.02. The Morgan fingerprint density at radius 3 is 2.80 bits per heavy atom. The quantitative estimate of drug-likeness (QED) is 0.655. The van der Waals surface area contributed by atoms with Crippen LogP contribution in [-0.4, -0.2) is 14.9 Å². The molecule has 0 aliphatic rings. The van der Waals surface area contributed by atoms with Crippen LogP contribution in [0.5, 0.6) is 0 Å². The number of aryl methyl sites for hydroxylation is 1. The number of nitro groups is 1. The number of aromatic nitrogens is 2. The predicted molar refractivity (Wildman–Crippen MR) is 74.8 cm³/mol. The second-order valence-electron chi connectivity index (χ2n) is 4.39. The maximum Gasteiger partial charge on any atom is 0.272 e. The smallest absolute Gasteiger partial charge is 0.272 e. The van der Waals surface area contributed by atoms with Crippen LogP contribution in [0.1, 0.15) is 17.0 Å². The zero-order valence-corrected chi connectivity index (χ0v) is 11.1. The summed E-state index contributed by atoms with van der Waals surface area (Å²) in [7, 11) is 0. The Hall–Kier alpha value is -2.70. The van der Waals surface area contributed by atoms with Crippen molar-refractivity contribution in [1.82, 2.24) is 9.97 Å². The highest BCUT2D eigenvalue weighted by Crippen LogP contribution is 2.21. The highest BCUT2D eigenvalue weighted by atomic mass is 16.6. The van der Waals surface area contributed by atoms with Crippen LogP contribution in [0.15, 0.2) is 29.1 Å². The van der Waals surface area contributed by atoms with Crippen LogP contribution in [0.3, 0.4) is 0 Å². The van der Waals surface area contributed by atoms with Gasteiger partial charge in [-0.3, -0.25) is 14.9 Å². The third-order valence-corrected chi connectivity index (χ3v) is 2.93. The first-order chi connectivity index (χ1) is 9.47. The molecule has 0 saturated heterocycles. The molecule has 20 heavy (non-hydrogen) atoms. The van der Waals surface area contributed by atoms with Gasteiger partial charge < -0.3 is 10.3 Å². The van der Waals surface area contributed by atoms with Crippen LogP contribution in [0.2, 0.25) is 0 Å². The number of benzene rings is 1. The summed E-state index contributed by atoms with van der Waals surface area (Å²) >= 11 is 0. The van der Waals surface area contributed by atoms with Gasteiger partial charge in [-0.15, -0.1) is 0 Å². The van der Waals surface area contributed by atoms with Crippen molar-refractivity contribution in [2.24, 2.45) is 0 Å². The summed E-state index contributed by atoms with van der Waals surface area (Å²) in [4.78, 5) is 28.4. The van der Waals surface area contributed by atoms with E-state index in [4.69, 9.17) is 0 Å². The lowest BCUT2D eigenvalue weighted by Crippen LogP contribution is -2.12. The summed E-state index contributed by atoms with van der Waals surface area (Å²) < 4.78 is 0. The van der Waals surface area contributed by atoms with E-state index < -0.39 is 4.92 Å². The van der Waals surface area contributed by atoms with Gasteiger partial charge in [-0.2, -0.15) is 0 Å². The SMILES string of the molecule is Cc1nc(NCc2cccc([N+](=O)[O-])c2C)cc(=O)[nH]1. The molecule has 0 aliphatic heterocycles. The fourth-order valence-corrected chi connectivity index (χ4v) is 1.92. The Morgan fingerprint density at radius 2 is 2.15 bits per heavy atom. The molecule has 7 heteroatoms. The second-order valence-corrected chi connectivity index (χ2v) is 4.39. The first-order valence-corrected chi connectivity index (χ1v) is 6.02. The molecule has 0 saturated carbocycles. The summed E-state index contributed by atoms with van der Waals surface area (Å²) in [6, 6.07) is 6.25. The van der Waals surface area contributed by atoms with Crippen LogP contribution in [-0.2, 0) is 6.54 Å². The number of nitrogens with zero attached hydrogens (tertiary/aromatic N) is 2. The van der Waals surface area contributed by atoms with E-state index in [0.717, 1.165) is 5.56 Å². The van der Waals surface area contributed by atoms with E-state index in [2.05, 4.69) is 15.3 Å². The third-order valence-electron chi connectivity index (χ3n) is 2.93. The second kappa shape index (κ2) is 5.52. The molecule has 1 aromatic heterocycles. The maximum atomic E-state index is 11.3. The molecule has 0 spiro atoms. The molecule has 7 nitrogen and oxygen atoms in total. The molecule has 1 heterocycles. The van der Waals surface area contributed by atoms with Gasteiger partial charge in [0.25, 0.3) is 11.2 Å². The van der Waals surface area contributed by atoms with E-state index in [1.165, 1.54) is 12.1 Å². The maximum absolute atomic E-state index is 11.3. The monoisotopic (exact) mass is 274 g/mol. The number of hydrogen-bond donors (Lipinski definition) is 2. The molecule has 0 unspecified atom stereocenters. The predicted octanol–water partition coefficient (Wildman–Crippen LogP) is 1.91. The number of nitro benzene ring substituents is 1. The van der Waals surface area contributed by atoms with Gasteiger partial charge in [-0.05, 0) is 19.4 Å². The van der Waals surface area contributed by atoms with E-state index in [0.29, 0.717) is 23.8 Å². The lowest BCUT2D eigenvalue weighted by molar-refractivity contribution is -0.385. The molecule has 0 atom stereocenters. The van der Waals surface area contributed by atoms with E-state index in [-0.39, 0.29) is 11.2 Å². The fraction of sp³-hybridized carbons (Fsp3) is 0.231. The summed E-state index contributed by atoms with van der Waals surface area (Å²) in [5, 5.41) is 13.9. The van der Waals surface area contributed by atoms with Crippen LogP contribution in [0.4, 0.5) is 11.5 Å². The Bertz CT molecular complexity index is 709. The van der Waals surface area contributed by atoms with E-state index in [9.17, 15) is 14.9 Å². The van der Waals surface area contributed by atoms with Crippen molar-refractivity contribution in [3.05, 3.63) is 61.7 Å². The molecule has 1 aromatic carbocycles. The number of rotatable bonds is 4. The van der Waals surface area contributed by atoms with Crippen LogP contribution in [0.25, 0.3) is 0 Å². The van der Waals surface area contributed by atoms with Gasteiger partial charge in [-0.25, -0.2) is 4.98 Å². The van der Waals surface area contributed by atoms with Crippen molar-refractivity contribution in [3.63, 3.8) is 0 Å². The van der Waals surface area contributed by atoms with Gasteiger partial charge in [-0.1, -0.05) is 12.1 Å². The van der Waals surface area contributed by atoms with Gasteiger partial charge in [0.1, 0.15) is 11.6 Å². The average molecular weight is 274 g/mol. The minimum atomic E-state index is -0.408. The molecule has 0 amide bonds. The van der Waals surface area contributed by atoms with E-state index >= 15 is 0 Å². The summed E-state index contributed by atoms with van der Waals surface area (Å²) in [5.74, 6) is 0.952. The number of aromatic amines is 1. The lowest BCUT2D eigenvalue weighted by atomic mass is 10.1. The number of nitrogens with one attached hydrogen (secondary N) is 2. The number of H-pyrrole nitrogens is 1. The minimum Gasteiger partial charge on any atom is -0.366 e. The summed E-state index contributed by atoms with van der Waals surface area (Å²) in [6.07, 6.45) is 0. The van der Waals surface area contributed by atoms with Crippen molar-refractivity contribution < 1.29 is 4.92 Å². The Kier molecular flexibility index (Phi) is 3.79. The molecule has 0 fully saturated rings. The van der Waals surface area contributed by atoms with E-state index in [1.54, 1.807) is 26.0 Å². The van der Waals surface area contributed by atoms with Crippen LogP contribution in [0, 0.1) is 24.0 Å². The summed E-state index contributed by atoms with van der Waals surface area (Å²) in [5.41, 5.74) is 1.24. The highest BCUT2D eigenvalue weighted by Gasteiger charge is 2.12. The first kappa shape index (κ1) is 13.7. The van der Waals surface area contributed by atoms with Gasteiger partial charge in [0.2, 0.25) is 0 Å². The Labute approximate surface area is 114 Å². The molecule has 104 valence electrons. The zero-order chi connectivity index (χ0) is 14.7. The molecule has 0 bridgehead atoms. The average Bonchev–Trinajstić information content (AvgIpc) is 2.36. The number of hydrogen-bond acceptors (Lipinski definition) is 5. The fourth-order valence-electron chi connectivity index (χ4n) is 1.92. The van der Waals surface area contributed by atoms with Gasteiger partial charge in [0.15, 0.2) is 0 Å². The Balaban J connectivity index is 2.21. The topological polar surface area (TPSA) is 101 Å². The standard InChI is InChI=1S/C13H14N4O3/c1-8-10(4-3-5-11(8)17(19)20)7-14-12-6-13(18)16-9(2)15-12/h3-6H,7H2,1-2H3,(H2,14,15,16,18). The molecule has 0 aliphatic carbocycles.